The van der Waals surface area contributed by atoms with Crippen molar-refractivity contribution in [2.75, 3.05) is 0 Å². The van der Waals surface area contributed by atoms with Gasteiger partial charge in [-0.3, -0.25) is 0 Å². The predicted molar refractivity (Wildman–Crippen MR) is 39.7 cm³/mol. The van der Waals surface area contributed by atoms with Crippen LogP contribution in [0.2, 0.25) is 4.47 Å². The molecule has 1 atom stereocenters. The zero-order valence-electron chi connectivity index (χ0n) is 4.97. The maximum atomic E-state index is 5.56. The summed E-state index contributed by atoms with van der Waals surface area (Å²) < 4.78 is 0.558. The average Bonchev–Trinajstić information content (AvgIpc) is 2.14. The number of rotatable bonds is 1. The van der Waals surface area contributed by atoms with Crippen molar-refractivity contribution in [1.29, 1.82) is 0 Å². The van der Waals surface area contributed by atoms with E-state index in [9.17, 15) is 0 Å². The SMILES string of the molecule is C[C@@H](N)c1cnc(Cl)s1. The molecule has 1 aromatic heterocycles. The second-order valence-electron chi connectivity index (χ2n) is 1.80. The molecule has 0 aliphatic heterocycles. The average molecular weight is 163 g/mol. The summed E-state index contributed by atoms with van der Waals surface area (Å²) >= 11 is 6.98. The van der Waals surface area contributed by atoms with Crippen molar-refractivity contribution in [3.8, 4) is 0 Å². The summed E-state index contributed by atoms with van der Waals surface area (Å²) in [6, 6.07) is 0.0509. The van der Waals surface area contributed by atoms with Gasteiger partial charge in [-0.05, 0) is 6.92 Å². The van der Waals surface area contributed by atoms with E-state index in [1.807, 2.05) is 6.92 Å². The number of hydrogen-bond acceptors (Lipinski definition) is 3. The van der Waals surface area contributed by atoms with Crippen molar-refractivity contribution < 1.29 is 0 Å². The van der Waals surface area contributed by atoms with E-state index in [2.05, 4.69) is 4.98 Å². The highest BCUT2D eigenvalue weighted by atomic mass is 35.5. The molecule has 2 nitrogen and oxygen atoms in total. The molecule has 0 bridgehead atoms. The van der Waals surface area contributed by atoms with E-state index in [1.54, 1.807) is 6.20 Å². The van der Waals surface area contributed by atoms with Gasteiger partial charge in [0.05, 0.1) is 0 Å². The lowest BCUT2D eigenvalue weighted by atomic mass is 10.3. The lowest BCUT2D eigenvalue weighted by Gasteiger charge is -1.95. The maximum Gasteiger partial charge on any atom is 0.183 e. The van der Waals surface area contributed by atoms with Crippen molar-refractivity contribution in [2.24, 2.45) is 5.73 Å². The summed E-state index contributed by atoms with van der Waals surface area (Å²) in [5.74, 6) is 0. The summed E-state index contributed by atoms with van der Waals surface area (Å²) in [6.45, 7) is 1.91. The molecule has 9 heavy (non-hydrogen) atoms. The van der Waals surface area contributed by atoms with Gasteiger partial charge >= 0.3 is 0 Å². The first-order chi connectivity index (χ1) is 4.20. The topological polar surface area (TPSA) is 38.9 Å². The minimum Gasteiger partial charge on any atom is -0.323 e. The molecule has 0 aliphatic carbocycles. The number of thiazole rings is 1. The Labute approximate surface area is 62.7 Å². The van der Waals surface area contributed by atoms with Crippen LogP contribution in [-0.2, 0) is 0 Å². The van der Waals surface area contributed by atoms with Gasteiger partial charge in [0.15, 0.2) is 4.47 Å². The Balaban J connectivity index is 2.85. The molecule has 0 saturated carbocycles. The first-order valence-corrected chi connectivity index (χ1v) is 3.76. The van der Waals surface area contributed by atoms with E-state index >= 15 is 0 Å². The molecule has 0 aromatic carbocycles. The van der Waals surface area contributed by atoms with Crippen molar-refractivity contribution in [3.63, 3.8) is 0 Å². The van der Waals surface area contributed by atoms with Crippen LogP contribution in [0.1, 0.15) is 17.8 Å². The second kappa shape index (κ2) is 2.64. The molecule has 0 amide bonds. The van der Waals surface area contributed by atoms with E-state index in [0.29, 0.717) is 4.47 Å². The molecule has 1 rings (SSSR count). The largest absolute Gasteiger partial charge is 0.323 e. The molecule has 0 radical (unpaired) electrons. The summed E-state index contributed by atoms with van der Waals surface area (Å²) in [6.07, 6.45) is 1.71. The van der Waals surface area contributed by atoms with Gasteiger partial charge in [-0.2, -0.15) is 0 Å². The molecule has 2 N–H and O–H groups in total. The Bertz CT molecular complexity index is 197. The van der Waals surface area contributed by atoms with Crippen LogP contribution in [0.3, 0.4) is 0 Å². The summed E-state index contributed by atoms with van der Waals surface area (Å²) in [5.41, 5.74) is 5.54. The van der Waals surface area contributed by atoms with Gasteiger partial charge in [0.2, 0.25) is 0 Å². The smallest absolute Gasteiger partial charge is 0.183 e. The number of nitrogens with two attached hydrogens (primary N) is 1. The molecular formula is C5H7ClN2S. The van der Waals surface area contributed by atoms with Crippen LogP contribution in [0.4, 0.5) is 0 Å². The highest BCUT2D eigenvalue weighted by Crippen LogP contribution is 2.21. The molecular weight excluding hydrogens is 156 g/mol. The lowest BCUT2D eigenvalue weighted by Crippen LogP contribution is -2.01. The monoisotopic (exact) mass is 162 g/mol. The van der Waals surface area contributed by atoms with Crippen molar-refractivity contribution >= 4 is 22.9 Å². The Morgan fingerprint density at radius 3 is 2.78 bits per heavy atom. The number of nitrogens with zero attached hydrogens (tertiary/aromatic N) is 1. The van der Waals surface area contributed by atoms with Crippen LogP contribution in [0.15, 0.2) is 6.20 Å². The number of aromatic nitrogens is 1. The summed E-state index contributed by atoms with van der Waals surface area (Å²) in [4.78, 5) is 4.87. The molecule has 0 spiro atoms. The highest BCUT2D eigenvalue weighted by molar-refractivity contribution is 7.15. The number of halogens is 1. The first-order valence-electron chi connectivity index (χ1n) is 2.57. The van der Waals surface area contributed by atoms with Crippen molar-refractivity contribution in [1.82, 2.24) is 4.98 Å². The molecule has 50 valence electrons. The third-order valence-corrected chi connectivity index (χ3v) is 2.26. The third-order valence-electron chi connectivity index (χ3n) is 0.944. The second-order valence-corrected chi connectivity index (χ2v) is 3.45. The Hall–Kier alpha value is -0.120. The van der Waals surface area contributed by atoms with Gasteiger partial charge in [0, 0.05) is 17.1 Å². The zero-order chi connectivity index (χ0) is 6.85. The Kier molecular flexibility index (Phi) is 2.05. The maximum absolute atomic E-state index is 5.56. The fourth-order valence-electron chi connectivity index (χ4n) is 0.475. The van der Waals surface area contributed by atoms with E-state index in [0.717, 1.165) is 4.88 Å². The normalized spacial score (nSPS) is 13.7. The minimum atomic E-state index is 0.0509. The van der Waals surface area contributed by atoms with Crippen LogP contribution in [0, 0.1) is 0 Å². The van der Waals surface area contributed by atoms with Gasteiger partial charge in [-0.1, -0.05) is 11.6 Å². The molecule has 0 saturated heterocycles. The van der Waals surface area contributed by atoms with Crippen LogP contribution < -0.4 is 5.73 Å². The van der Waals surface area contributed by atoms with E-state index in [1.165, 1.54) is 11.3 Å². The van der Waals surface area contributed by atoms with Crippen molar-refractivity contribution in [2.45, 2.75) is 13.0 Å². The van der Waals surface area contributed by atoms with Gasteiger partial charge in [0.1, 0.15) is 0 Å². The first kappa shape index (κ1) is 6.99. The van der Waals surface area contributed by atoms with Gasteiger partial charge in [-0.25, -0.2) is 4.98 Å². The summed E-state index contributed by atoms with van der Waals surface area (Å²) in [5, 5.41) is 0. The molecule has 1 aromatic rings. The minimum absolute atomic E-state index is 0.0509. The van der Waals surface area contributed by atoms with Gasteiger partial charge < -0.3 is 5.73 Å². The molecule has 0 fully saturated rings. The number of hydrogen-bond donors (Lipinski definition) is 1. The van der Waals surface area contributed by atoms with E-state index < -0.39 is 0 Å². The zero-order valence-corrected chi connectivity index (χ0v) is 6.54. The molecule has 4 heteroatoms. The standard InChI is InChI=1S/C5H7ClN2S/c1-3(7)4-2-8-5(6)9-4/h2-3H,7H2,1H3/t3-/m1/s1. The van der Waals surface area contributed by atoms with E-state index in [-0.39, 0.29) is 6.04 Å². The van der Waals surface area contributed by atoms with Crippen LogP contribution in [0.25, 0.3) is 0 Å². The van der Waals surface area contributed by atoms with Crippen LogP contribution in [-0.4, -0.2) is 4.98 Å². The van der Waals surface area contributed by atoms with Crippen molar-refractivity contribution in [3.05, 3.63) is 15.5 Å². The van der Waals surface area contributed by atoms with Crippen LogP contribution in [0.5, 0.6) is 0 Å². The highest BCUT2D eigenvalue weighted by Gasteiger charge is 2.02. The lowest BCUT2D eigenvalue weighted by molar-refractivity contribution is 0.835. The Morgan fingerprint density at radius 1 is 1.89 bits per heavy atom. The van der Waals surface area contributed by atoms with Gasteiger partial charge in [-0.15, -0.1) is 11.3 Å². The van der Waals surface area contributed by atoms with Gasteiger partial charge in [0.25, 0.3) is 0 Å². The fourth-order valence-corrected chi connectivity index (χ4v) is 1.38. The summed E-state index contributed by atoms with van der Waals surface area (Å²) in [7, 11) is 0. The predicted octanol–water partition coefficient (Wildman–Crippen LogP) is 1.82. The molecule has 0 unspecified atom stereocenters. The van der Waals surface area contributed by atoms with Crippen LogP contribution >= 0.6 is 22.9 Å². The molecule has 1 heterocycles. The Morgan fingerprint density at radius 2 is 2.56 bits per heavy atom. The fraction of sp³-hybridized carbons (Fsp3) is 0.400. The van der Waals surface area contributed by atoms with E-state index in [4.69, 9.17) is 17.3 Å². The quantitative estimate of drug-likeness (QED) is 0.684. The molecule has 0 aliphatic rings. The third kappa shape index (κ3) is 1.64.